The Bertz CT molecular complexity index is 214. The highest BCUT2D eigenvalue weighted by Crippen LogP contribution is 2.02. The molecule has 0 radical (unpaired) electrons. The van der Waals surface area contributed by atoms with Gasteiger partial charge in [-0.1, -0.05) is 17.7 Å². The number of benzene rings is 1. The van der Waals surface area contributed by atoms with Crippen molar-refractivity contribution < 1.29 is 4.79 Å². The molecule has 0 spiro atoms. The molecule has 0 bridgehead atoms. The first-order valence-corrected chi connectivity index (χ1v) is 3.81. The molecule has 1 aromatic carbocycles. The molecule has 2 nitrogen and oxygen atoms in total. The molecule has 0 aliphatic carbocycles. The minimum absolute atomic E-state index is 0.167. The average molecular weight is 165 g/mol. The Labute approximate surface area is 73.4 Å². The van der Waals surface area contributed by atoms with Crippen LogP contribution in [0.25, 0.3) is 0 Å². The van der Waals surface area contributed by atoms with Gasteiger partial charge in [0.25, 0.3) is 0 Å². The molecule has 1 aromatic rings. The van der Waals surface area contributed by atoms with Crippen molar-refractivity contribution in [2.45, 2.75) is 20.8 Å². The summed E-state index contributed by atoms with van der Waals surface area (Å²) in [5.74, 6) is 0.167. The predicted octanol–water partition coefficient (Wildman–Crippen LogP) is 2.17. The van der Waals surface area contributed by atoms with Crippen molar-refractivity contribution in [2.24, 2.45) is 0 Å². The Morgan fingerprint density at radius 1 is 1.17 bits per heavy atom. The van der Waals surface area contributed by atoms with E-state index < -0.39 is 0 Å². The summed E-state index contributed by atoms with van der Waals surface area (Å²) in [6.07, 6.45) is 0. The van der Waals surface area contributed by atoms with E-state index in [0.29, 0.717) is 0 Å². The Kier molecular flexibility index (Phi) is 4.77. The highest BCUT2D eigenvalue weighted by atomic mass is 16.1. The molecular weight excluding hydrogens is 150 g/mol. The van der Waals surface area contributed by atoms with Gasteiger partial charge in [0.05, 0.1) is 0 Å². The number of nitrogens with two attached hydrogens (primary N) is 1. The predicted molar refractivity (Wildman–Crippen MR) is 51.9 cm³/mol. The Morgan fingerprint density at radius 2 is 1.50 bits per heavy atom. The minimum atomic E-state index is 0.167. The Morgan fingerprint density at radius 3 is 1.75 bits per heavy atom. The standard InChI is InChI=1S/C7H9N.C3H6O/c1-6-2-4-7(8)5-3-6;1-3(2)4/h2-5H,8H2,1H3;1-2H3. The third-order valence-electron chi connectivity index (χ3n) is 1.08. The van der Waals surface area contributed by atoms with Gasteiger partial charge in [0.15, 0.2) is 0 Å². The van der Waals surface area contributed by atoms with Crippen LogP contribution in [-0.2, 0) is 4.79 Å². The monoisotopic (exact) mass is 165 g/mol. The van der Waals surface area contributed by atoms with Gasteiger partial charge in [-0.15, -0.1) is 0 Å². The second kappa shape index (κ2) is 5.35. The van der Waals surface area contributed by atoms with Crippen molar-refractivity contribution in [3.63, 3.8) is 0 Å². The summed E-state index contributed by atoms with van der Waals surface area (Å²) in [5, 5.41) is 0. The topological polar surface area (TPSA) is 43.1 Å². The van der Waals surface area contributed by atoms with Gasteiger partial charge in [0.2, 0.25) is 0 Å². The summed E-state index contributed by atoms with van der Waals surface area (Å²) >= 11 is 0. The van der Waals surface area contributed by atoms with Gasteiger partial charge >= 0.3 is 0 Å². The fraction of sp³-hybridized carbons (Fsp3) is 0.300. The van der Waals surface area contributed by atoms with Gasteiger partial charge in [-0.2, -0.15) is 0 Å². The summed E-state index contributed by atoms with van der Waals surface area (Å²) in [5.41, 5.74) is 7.51. The van der Waals surface area contributed by atoms with E-state index in [2.05, 4.69) is 0 Å². The number of ketones is 1. The molecule has 0 aliphatic rings. The van der Waals surface area contributed by atoms with Crippen LogP contribution in [0.4, 0.5) is 5.69 Å². The molecule has 0 atom stereocenters. The number of hydrogen-bond donors (Lipinski definition) is 1. The molecule has 1 rings (SSSR count). The van der Waals surface area contributed by atoms with Gasteiger partial charge in [0.1, 0.15) is 5.78 Å². The van der Waals surface area contributed by atoms with E-state index in [9.17, 15) is 4.79 Å². The number of carbonyl (C=O) groups excluding carboxylic acids is 1. The Balaban J connectivity index is 0.000000261. The lowest BCUT2D eigenvalue weighted by atomic mass is 10.2. The highest BCUT2D eigenvalue weighted by Gasteiger charge is 1.80. The van der Waals surface area contributed by atoms with Crippen molar-refractivity contribution in [2.75, 3.05) is 5.73 Å². The smallest absolute Gasteiger partial charge is 0.126 e. The molecule has 0 unspecified atom stereocenters. The minimum Gasteiger partial charge on any atom is -0.399 e. The summed E-state index contributed by atoms with van der Waals surface area (Å²) in [6.45, 7) is 5.10. The van der Waals surface area contributed by atoms with E-state index in [1.54, 1.807) is 0 Å². The molecule has 0 heterocycles. The maximum Gasteiger partial charge on any atom is 0.126 e. The van der Waals surface area contributed by atoms with Crippen LogP contribution < -0.4 is 5.73 Å². The van der Waals surface area contributed by atoms with Crippen molar-refractivity contribution in [3.05, 3.63) is 29.8 Å². The zero-order valence-electron chi connectivity index (χ0n) is 7.79. The van der Waals surface area contributed by atoms with Gasteiger partial charge in [-0.3, -0.25) is 0 Å². The number of rotatable bonds is 0. The normalized spacial score (nSPS) is 8.25. The lowest BCUT2D eigenvalue weighted by Crippen LogP contribution is -1.81. The average Bonchev–Trinajstić information content (AvgIpc) is 1.94. The summed E-state index contributed by atoms with van der Waals surface area (Å²) in [6, 6.07) is 7.79. The van der Waals surface area contributed by atoms with Crippen LogP contribution >= 0.6 is 0 Å². The second-order valence-corrected chi connectivity index (χ2v) is 2.82. The van der Waals surface area contributed by atoms with Crippen LogP contribution in [0.5, 0.6) is 0 Å². The summed E-state index contributed by atoms with van der Waals surface area (Å²) in [7, 11) is 0. The van der Waals surface area contributed by atoms with Crippen LogP contribution in [0.3, 0.4) is 0 Å². The fourth-order valence-electron chi connectivity index (χ4n) is 0.566. The zero-order valence-corrected chi connectivity index (χ0v) is 7.79. The van der Waals surface area contributed by atoms with Crippen LogP contribution in [0.2, 0.25) is 0 Å². The third kappa shape index (κ3) is 6.81. The highest BCUT2D eigenvalue weighted by molar-refractivity contribution is 5.72. The first kappa shape index (κ1) is 10.7. The fourth-order valence-corrected chi connectivity index (χ4v) is 0.566. The SMILES string of the molecule is CC(C)=O.Cc1ccc(N)cc1. The molecule has 12 heavy (non-hydrogen) atoms. The molecule has 66 valence electrons. The van der Waals surface area contributed by atoms with Gasteiger partial charge in [-0.05, 0) is 32.9 Å². The van der Waals surface area contributed by atoms with Crippen LogP contribution in [0, 0.1) is 6.92 Å². The lowest BCUT2D eigenvalue weighted by molar-refractivity contribution is -0.114. The first-order chi connectivity index (χ1) is 5.52. The molecule has 0 aliphatic heterocycles. The molecule has 0 amide bonds. The number of Topliss-reactive ketones (excluding diaryl/α,β-unsaturated/α-hetero) is 1. The van der Waals surface area contributed by atoms with E-state index in [-0.39, 0.29) is 5.78 Å². The van der Waals surface area contributed by atoms with Crippen molar-refractivity contribution in [1.82, 2.24) is 0 Å². The van der Waals surface area contributed by atoms with Crippen LogP contribution in [-0.4, -0.2) is 5.78 Å². The first-order valence-electron chi connectivity index (χ1n) is 3.81. The van der Waals surface area contributed by atoms with Crippen molar-refractivity contribution in [1.29, 1.82) is 0 Å². The summed E-state index contributed by atoms with van der Waals surface area (Å²) < 4.78 is 0. The lowest BCUT2D eigenvalue weighted by Gasteiger charge is -1.90. The zero-order chi connectivity index (χ0) is 9.56. The Hall–Kier alpha value is -1.31. The largest absolute Gasteiger partial charge is 0.399 e. The quantitative estimate of drug-likeness (QED) is 0.599. The van der Waals surface area contributed by atoms with Crippen LogP contribution in [0.1, 0.15) is 19.4 Å². The second-order valence-electron chi connectivity index (χ2n) is 2.82. The maximum absolute atomic E-state index is 9.44. The van der Waals surface area contributed by atoms with E-state index in [1.807, 2.05) is 31.2 Å². The molecule has 0 saturated carbocycles. The van der Waals surface area contributed by atoms with Crippen molar-refractivity contribution >= 4 is 11.5 Å². The molecule has 0 saturated heterocycles. The molecule has 0 aromatic heterocycles. The van der Waals surface area contributed by atoms with Gasteiger partial charge in [-0.25, -0.2) is 0 Å². The van der Waals surface area contributed by atoms with E-state index in [1.165, 1.54) is 19.4 Å². The number of carbonyl (C=O) groups is 1. The number of aryl methyl sites for hydroxylation is 1. The van der Waals surface area contributed by atoms with Crippen molar-refractivity contribution in [3.8, 4) is 0 Å². The van der Waals surface area contributed by atoms with E-state index in [0.717, 1.165) is 5.69 Å². The van der Waals surface area contributed by atoms with E-state index >= 15 is 0 Å². The maximum atomic E-state index is 9.44. The summed E-state index contributed by atoms with van der Waals surface area (Å²) in [4.78, 5) is 9.44. The van der Waals surface area contributed by atoms with E-state index in [4.69, 9.17) is 5.73 Å². The molecule has 2 N–H and O–H groups in total. The van der Waals surface area contributed by atoms with Gasteiger partial charge < -0.3 is 10.5 Å². The van der Waals surface area contributed by atoms with Crippen LogP contribution in [0.15, 0.2) is 24.3 Å². The number of anilines is 1. The van der Waals surface area contributed by atoms with Gasteiger partial charge in [0, 0.05) is 5.69 Å². The third-order valence-corrected chi connectivity index (χ3v) is 1.08. The molecule has 2 heteroatoms. The number of nitrogen functional groups attached to an aromatic ring is 1. The number of hydrogen-bond acceptors (Lipinski definition) is 2. The molecule has 0 fully saturated rings. The molecular formula is C10H15NO.